The molecule has 0 aromatic heterocycles. The summed E-state index contributed by atoms with van der Waals surface area (Å²) in [6.45, 7) is 10.4. The maximum atomic E-state index is 12.5. The predicted octanol–water partition coefficient (Wildman–Crippen LogP) is 0.929. The second kappa shape index (κ2) is 6.53. The second-order valence-corrected chi connectivity index (χ2v) is 5.95. The van der Waals surface area contributed by atoms with Crippen LogP contribution in [0.2, 0.25) is 0 Å². The SMILES string of the molecule is CC(C)CCN1CCCC1C(=O)N1CCNCC1. The number of carbonyl (C=O) groups is 1. The van der Waals surface area contributed by atoms with Crippen LogP contribution in [0.4, 0.5) is 0 Å². The number of amides is 1. The molecule has 4 nitrogen and oxygen atoms in total. The summed E-state index contributed by atoms with van der Waals surface area (Å²) in [5, 5.41) is 3.30. The van der Waals surface area contributed by atoms with Crippen LogP contribution in [0.1, 0.15) is 33.1 Å². The molecule has 0 spiro atoms. The van der Waals surface area contributed by atoms with E-state index in [0.717, 1.165) is 51.6 Å². The molecular formula is C14H27N3O. The zero-order valence-corrected chi connectivity index (χ0v) is 11.8. The smallest absolute Gasteiger partial charge is 0.240 e. The molecule has 1 N–H and O–H groups in total. The average molecular weight is 253 g/mol. The molecule has 1 amide bonds. The van der Waals surface area contributed by atoms with Gasteiger partial charge in [0, 0.05) is 26.2 Å². The topological polar surface area (TPSA) is 35.6 Å². The van der Waals surface area contributed by atoms with Crippen LogP contribution in [0.25, 0.3) is 0 Å². The minimum absolute atomic E-state index is 0.168. The van der Waals surface area contributed by atoms with E-state index < -0.39 is 0 Å². The Kier molecular flexibility index (Phi) is 5.01. The van der Waals surface area contributed by atoms with Crippen molar-refractivity contribution in [2.24, 2.45) is 5.92 Å². The Hall–Kier alpha value is -0.610. The molecule has 0 aromatic rings. The van der Waals surface area contributed by atoms with E-state index in [0.29, 0.717) is 5.91 Å². The van der Waals surface area contributed by atoms with Gasteiger partial charge >= 0.3 is 0 Å². The van der Waals surface area contributed by atoms with E-state index in [2.05, 4.69) is 29.0 Å². The van der Waals surface area contributed by atoms with Crippen molar-refractivity contribution in [1.29, 1.82) is 0 Å². The zero-order valence-electron chi connectivity index (χ0n) is 11.8. The Morgan fingerprint density at radius 3 is 2.67 bits per heavy atom. The van der Waals surface area contributed by atoms with Gasteiger partial charge in [-0.05, 0) is 38.3 Å². The van der Waals surface area contributed by atoms with E-state index in [1.807, 2.05) is 0 Å². The monoisotopic (exact) mass is 253 g/mol. The molecule has 0 saturated carbocycles. The van der Waals surface area contributed by atoms with Crippen molar-refractivity contribution in [2.75, 3.05) is 39.3 Å². The van der Waals surface area contributed by atoms with Crippen molar-refractivity contribution in [3.05, 3.63) is 0 Å². The lowest BCUT2D eigenvalue weighted by Gasteiger charge is -2.33. The molecule has 4 heteroatoms. The summed E-state index contributed by atoms with van der Waals surface area (Å²) in [6, 6.07) is 0.168. The fraction of sp³-hybridized carbons (Fsp3) is 0.929. The van der Waals surface area contributed by atoms with E-state index in [9.17, 15) is 4.79 Å². The Balaban J connectivity index is 1.87. The molecule has 2 aliphatic rings. The Labute approximate surface area is 111 Å². The third kappa shape index (κ3) is 3.45. The van der Waals surface area contributed by atoms with Crippen LogP contribution in [0.5, 0.6) is 0 Å². The van der Waals surface area contributed by atoms with Gasteiger partial charge in [0.15, 0.2) is 0 Å². The lowest BCUT2D eigenvalue weighted by atomic mass is 10.1. The highest BCUT2D eigenvalue weighted by atomic mass is 16.2. The third-order valence-electron chi connectivity index (χ3n) is 4.07. The summed E-state index contributed by atoms with van der Waals surface area (Å²) >= 11 is 0. The third-order valence-corrected chi connectivity index (χ3v) is 4.07. The summed E-state index contributed by atoms with van der Waals surface area (Å²) in [5.74, 6) is 1.10. The first-order valence-corrected chi connectivity index (χ1v) is 7.42. The molecule has 2 fully saturated rings. The van der Waals surface area contributed by atoms with E-state index >= 15 is 0 Å². The van der Waals surface area contributed by atoms with Crippen molar-refractivity contribution < 1.29 is 4.79 Å². The lowest BCUT2D eigenvalue weighted by molar-refractivity contribution is -0.136. The highest BCUT2D eigenvalue weighted by Gasteiger charge is 2.33. The second-order valence-electron chi connectivity index (χ2n) is 5.95. The molecule has 0 radical (unpaired) electrons. The van der Waals surface area contributed by atoms with Crippen molar-refractivity contribution in [2.45, 2.75) is 39.2 Å². The van der Waals surface area contributed by atoms with Crippen molar-refractivity contribution in [3.63, 3.8) is 0 Å². The van der Waals surface area contributed by atoms with Crippen molar-refractivity contribution >= 4 is 5.91 Å². The lowest BCUT2D eigenvalue weighted by Crippen LogP contribution is -2.52. The minimum Gasteiger partial charge on any atom is -0.339 e. The van der Waals surface area contributed by atoms with Gasteiger partial charge in [0.25, 0.3) is 0 Å². The highest BCUT2D eigenvalue weighted by molar-refractivity contribution is 5.82. The predicted molar refractivity (Wildman–Crippen MR) is 73.5 cm³/mol. The van der Waals surface area contributed by atoms with Crippen molar-refractivity contribution in [1.82, 2.24) is 15.1 Å². The average Bonchev–Trinajstić information content (AvgIpc) is 2.85. The maximum Gasteiger partial charge on any atom is 0.240 e. The van der Waals surface area contributed by atoms with Crippen molar-refractivity contribution in [3.8, 4) is 0 Å². The molecule has 0 aromatic carbocycles. The number of nitrogens with zero attached hydrogens (tertiary/aromatic N) is 2. The van der Waals surface area contributed by atoms with Crippen LogP contribution in [0.3, 0.4) is 0 Å². The van der Waals surface area contributed by atoms with Gasteiger partial charge in [0.1, 0.15) is 0 Å². The molecule has 104 valence electrons. The first-order valence-electron chi connectivity index (χ1n) is 7.42. The number of piperazine rings is 1. The molecule has 0 aliphatic carbocycles. The van der Waals surface area contributed by atoms with Gasteiger partial charge in [-0.25, -0.2) is 0 Å². The molecule has 18 heavy (non-hydrogen) atoms. The number of likely N-dealkylation sites (tertiary alicyclic amines) is 1. The van der Waals surface area contributed by atoms with E-state index in [1.165, 1.54) is 12.8 Å². The van der Waals surface area contributed by atoms with Gasteiger partial charge < -0.3 is 10.2 Å². The minimum atomic E-state index is 0.168. The van der Waals surface area contributed by atoms with Crippen LogP contribution in [-0.4, -0.2) is 61.0 Å². The molecular weight excluding hydrogens is 226 g/mol. The first-order chi connectivity index (χ1) is 8.68. The van der Waals surface area contributed by atoms with Gasteiger partial charge in [-0.2, -0.15) is 0 Å². The van der Waals surface area contributed by atoms with Gasteiger partial charge in [-0.15, -0.1) is 0 Å². The van der Waals surface area contributed by atoms with Crippen LogP contribution >= 0.6 is 0 Å². The van der Waals surface area contributed by atoms with Crippen LogP contribution in [0, 0.1) is 5.92 Å². The molecule has 1 unspecified atom stereocenters. The van der Waals surface area contributed by atoms with Gasteiger partial charge in [0.2, 0.25) is 5.91 Å². The number of nitrogens with one attached hydrogen (secondary N) is 1. The number of carbonyl (C=O) groups excluding carboxylic acids is 1. The summed E-state index contributed by atoms with van der Waals surface area (Å²) in [6.07, 6.45) is 3.44. The van der Waals surface area contributed by atoms with Gasteiger partial charge in [-0.1, -0.05) is 13.8 Å². The Morgan fingerprint density at radius 1 is 1.28 bits per heavy atom. The Bertz CT molecular complexity index is 274. The fourth-order valence-electron chi connectivity index (χ4n) is 2.89. The van der Waals surface area contributed by atoms with E-state index in [-0.39, 0.29) is 6.04 Å². The molecule has 2 saturated heterocycles. The molecule has 2 aliphatic heterocycles. The maximum absolute atomic E-state index is 12.5. The number of rotatable bonds is 4. The molecule has 0 bridgehead atoms. The van der Waals surface area contributed by atoms with E-state index in [1.54, 1.807) is 0 Å². The largest absolute Gasteiger partial charge is 0.339 e. The first kappa shape index (κ1) is 13.8. The normalized spacial score (nSPS) is 25.9. The molecule has 1 atom stereocenters. The fourth-order valence-corrected chi connectivity index (χ4v) is 2.89. The van der Waals surface area contributed by atoms with Gasteiger partial charge in [0.05, 0.1) is 6.04 Å². The summed E-state index contributed by atoms with van der Waals surface area (Å²) in [5.41, 5.74) is 0. The van der Waals surface area contributed by atoms with Crippen LogP contribution < -0.4 is 5.32 Å². The highest BCUT2D eigenvalue weighted by Crippen LogP contribution is 2.20. The number of hydrogen-bond donors (Lipinski definition) is 1. The van der Waals surface area contributed by atoms with Crippen LogP contribution in [-0.2, 0) is 4.79 Å². The zero-order chi connectivity index (χ0) is 13.0. The number of hydrogen-bond acceptors (Lipinski definition) is 3. The molecule has 2 heterocycles. The van der Waals surface area contributed by atoms with Gasteiger partial charge in [-0.3, -0.25) is 9.69 Å². The summed E-state index contributed by atoms with van der Waals surface area (Å²) in [7, 11) is 0. The summed E-state index contributed by atoms with van der Waals surface area (Å²) < 4.78 is 0. The standard InChI is InChI=1S/C14H27N3O/c1-12(2)5-9-16-8-3-4-13(16)14(18)17-10-6-15-7-11-17/h12-13,15H,3-11H2,1-2H3. The quantitative estimate of drug-likeness (QED) is 0.809. The molecule has 2 rings (SSSR count). The van der Waals surface area contributed by atoms with E-state index in [4.69, 9.17) is 0 Å². The summed E-state index contributed by atoms with van der Waals surface area (Å²) in [4.78, 5) is 17.0. The Morgan fingerprint density at radius 2 is 2.00 bits per heavy atom. The van der Waals surface area contributed by atoms with Crippen LogP contribution in [0.15, 0.2) is 0 Å².